The Hall–Kier alpha value is -2.02. The topological polar surface area (TPSA) is 76.9 Å². The van der Waals surface area contributed by atoms with Gasteiger partial charge in [0.15, 0.2) is 5.69 Å². The van der Waals surface area contributed by atoms with Gasteiger partial charge in [-0.25, -0.2) is 4.68 Å². The Balaban J connectivity index is 1.66. The summed E-state index contributed by atoms with van der Waals surface area (Å²) >= 11 is 0. The minimum atomic E-state index is -0.918. The molecule has 0 radical (unpaired) electrons. The van der Waals surface area contributed by atoms with Crippen LogP contribution in [0.15, 0.2) is 36.5 Å². The molecule has 0 aliphatic heterocycles. The van der Waals surface area contributed by atoms with Crippen molar-refractivity contribution in [1.29, 1.82) is 0 Å². The van der Waals surface area contributed by atoms with E-state index in [2.05, 4.69) is 15.6 Å². The molecule has 1 N–H and O–H groups in total. The molecule has 0 spiro atoms. The SMILES string of the molecule is CS(=O)C1(CNC(=O)c2cn(-c3ccccc3)nn2)CC1. The Labute approximate surface area is 125 Å². The summed E-state index contributed by atoms with van der Waals surface area (Å²) in [6.07, 6.45) is 5.07. The Morgan fingerprint density at radius 2 is 2.10 bits per heavy atom. The van der Waals surface area contributed by atoms with Crippen LogP contribution in [0, 0.1) is 0 Å². The number of hydrogen-bond acceptors (Lipinski definition) is 4. The van der Waals surface area contributed by atoms with E-state index in [4.69, 9.17) is 0 Å². The number of carbonyl (C=O) groups is 1. The van der Waals surface area contributed by atoms with Crippen molar-refractivity contribution in [2.24, 2.45) is 0 Å². The normalized spacial score (nSPS) is 17.2. The van der Waals surface area contributed by atoms with E-state index in [1.165, 1.54) is 0 Å². The standard InChI is InChI=1S/C14H16N4O2S/c1-21(20)14(7-8-14)10-15-13(19)12-9-18(17-16-12)11-5-3-2-4-6-11/h2-6,9H,7-8,10H2,1H3,(H,15,19). The summed E-state index contributed by atoms with van der Waals surface area (Å²) in [6.45, 7) is 0.424. The number of para-hydroxylation sites is 1. The Morgan fingerprint density at radius 1 is 1.38 bits per heavy atom. The molecule has 6 nitrogen and oxygen atoms in total. The predicted molar refractivity (Wildman–Crippen MR) is 79.7 cm³/mol. The lowest BCUT2D eigenvalue weighted by atomic mass is 10.3. The summed E-state index contributed by atoms with van der Waals surface area (Å²) in [4.78, 5) is 12.1. The van der Waals surface area contributed by atoms with E-state index in [0.717, 1.165) is 18.5 Å². The van der Waals surface area contributed by atoms with Crippen LogP contribution < -0.4 is 5.32 Å². The summed E-state index contributed by atoms with van der Waals surface area (Å²) < 4.78 is 12.9. The Morgan fingerprint density at radius 3 is 2.71 bits per heavy atom. The Kier molecular flexibility index (Phi) is 3.59. The van der Waals surface area contributed by atoms with Crippen LogP contribution >= 0.6 is 0 Å². The fourth-order valence-electron chi connectivity index (χ4n) is 2.11. The van der Waals surface area contributed by atoms with E-state index >= 15 is 0 Å². The van der Waals surface area contributed by atoms with Crippen molar-refractivity contribution < 1.29 is 9.00 Å². The number of nitrogens with zero attached hydrogens (tertiary/aromatic N) is 3. The van der Waals surface area contributed by atoms with Crippen LogP contribution in [0.2, 0.25) is 0 Å². The van der Waals surface area contributed by atoms with Crippen molar-refractivity contribution in [3.63, 3.8) is 0 Å². The Bertz CT molecular complexity index is 679. The van der Waals surface area contributed by atoms with E-state index in [-0.39, 0.29) is 16.3 Å². The van der Waals surface area contributed by atoms with Gasteiger partial charge < -0.3 is 5.32 Å². The first-order valence-electron chi connectivity index (χ1n) is 6.70. The molecule has 1 heterocycles. The van der Waals surface area contributed by atoms with Crippen molar-refractivity contribution in [2.45, 2.75) is 17.6 Å². The molecule has 1 fully saturated rings. The average molecular weight is 304 g/mol. The minimum absolute atomic E-state index is 0.231. The van der Waals surface area contributed by atoms with Crippen LogP contribution in [-0.2, 0) is 10.8 Å². The molecule has 0 saturated heterocycles. The molecular weight excluding hydrogens is 288 g/mol. The molecule has 0 bridgehead atoms. The monoisotopic (exact) mass is 304 g/mol. The highest BCUT2D eigenvalue weighted by Gasteiger charge is 2.46. The van der Waals surface area contributed by atoms with Crippen LogP contribution in [-0.4, -0.2) is 42.7 Å². The van der Waals surface area contributed by atoms with Gasteiger partial charge in [-0.15, -0.1) is 5.10 Å². The van der Waals surface area contributed by atoms with Gasteiger partial charge in [-0.2, -0.15) is 0 Å². The van der Waals surface area contributed by atoms with E-state index in [0.29, 0.717) is 6.54 Å². The summed E-state index contributed by atoms with van der Waals surface area (Å²) in [5, 5.41) is 10.6. The van der Waals surface area contributed by atoms with Crippen LogP contribution in [0.5, 0.6) is 0 Å². The summed E-state index contributed by atoms with van der Waals surface area (Å²) in [5.74, 6) is -0.283. The second kappa shape index (κ2) is 5.40. The summed E-state index contributed by atoms with van der Waals surface area (Å²) in [6, 6.07) is 9.47. The van der Waals surface area contributed by atoms with Gasteiger partial charge in [0.25, 0.3) is 5.91 Å². The quantitative estimate of drug-likeness (QED) is 0.890. The zero-order valence-corrected chi connectivity index (χ0v) is 12.5. The fourth-order valence-corrected chi connectivity index (χ4v) is 3.06. The number of rotatable bonds is 5. The second-order valence-corrected chi connectivity index (χ2v) is 6.98. The maximum absolute atomic E-state index is 12.1. The highest BCUT2D eigenvalue weighted by molar-refractivity contribution is 7.86. The summed E-state index contributed by atoms with van der Waals surface area (Å²) in [5.41, 5.74) is 1.11. The molecule has 1 aliphatic rings. The number of carbonyl (C=O) groups excluding carboxylic acids is 1. The molecule has 1 atom stereocenters. The van der Waals surface area contributed by atoms with Crippen LogP contribution in [0.1, 0.15) is 23.3 Å². The number of benzene rings is 1. The summed E-state index contributed by atoms with van der Waals surface area (Å²) in [7, 11) is -0.918. The number of aromatic nitrogens is 3. The lowest BCUT2D eigenvalue weighted by molar-refractivity contribution is 0.0948. The van der Waals surface area contributed by atoms with Crippen LogP contribution in [0.3, 0.4) is 0 Å². The van der Waals surface area contributed by atoms with Crippen LogP contribution in [0.4, 0.5) is 0 Å². The van der Waals surface area contributed by atoms with E-state index < -0.39 is 10.8 Å². The van der Waals surface area contributed by atoms with Crippen molar-refractivity contribution in [3.05, 3.63) is 42.2 Å². The molecular formula is C14H16N4O2S. The lowest BCUT2D eigenvalue weighted by Crippen LogP contribution is -2.35. The van der Waals surface area contributed by atoms with Gasteiger partial charge in [0, 0.05) is 23.6 Å². The van der Waals surface area contributed by atoms with E-state index in [9.17, 15) is 9.00 Å². The highest BCUT2D eigenvalue weighted by Crippen LogP contribution is 2.40. The van der Waals surface area contributed by atoms with Crippen molar-refractivity contribution >= 4 is 16.7 Å². The largest absolute Gasteiger partial charge is 0.349 e. The minimum Gasteiger partial charge on any atom is -0.349 e. The molecule has 1 saturated carbocycles. The second-order valence-electron chi connectivity index (χ2n) is 5.20. The van der Waals surface area contributed by atoms with Gasteiger partial charge in [-0.3, -0.25) is 9.00 Å². The van der Waals surface area contributed by atoms with Gasteiger partial charge in [0.05, 0.1) is 16.6 Å². The third-order valence-electron chi connectivity index (χ3n) is 3.74. The van der Waals surface area contributed by atoms with Gasteiger partial charge in [0.1, 0.15) is 0 Å². The van der Waals surface area contributed by atoms with E-state index in [1.807, 2.05) is 30.3 Å². The van der Waals surface area contributed by atoms with Crippen molar-refractivity contribution in [1.82, 2.24) is 20.3 Å². The van der Waals surface area contributed by atoms with Crippen molar-refractivity contribution in [3.8, 4) is 5.69 Å². The maximum Gasteiger partial charge on any atom is 0.273 e. The number of hydrogen-bond donors (Lipinski definition) is 1. The van der Waals surface area contributed by atoms with Crippen molar-refractivity contribution in [2.75, 3.05) is 12.8 Å². The molecule has 1 aliphatic carbocycles. The fraction of sp³-hybridized carbons (Fsp3) is 0.357. The predicted octanol–water partition coefficient (Wildman–Crippen LogP) is 0.908. The van der Waals surface area contributed by atoms with Gasteiger partial charge in [-0.1, -0.05) is 23.4 Å². The first-order valence-corrected chi connectivity index (χ1v) is 8.26. The maximum atomic E-state index is 12.1. The molecule has 3 rings (SSSR count). The molecule has 1 aromatic carbocycles. The lowest BCUT2D eigenvalue weighted by Gasteiger charge is -2.11. The third kappa shape index (κ3) is 2.87. The molecule has 1 unspecified atom stereocenters. The van der Waals surface area contributed by atoms with Crippen LogP contribution in [0.25, 0.3) is 5.69 Å². The average Bonchev–Trinajstić information content (AvgIpc) is 3.14. The van der Waals surface area contributed by atoms with E-state index in [1.54, 1.807) is 17.1 Å². The number of amides is 1. The molecule has 2 aromatic rings. The zero-order chi connectivity index (χ0) is 14.9. The molecule has 1 amide bonds. The highest BCUT2D eigenvalue weighted by atomic mass is 32.2. The van der Waals surface area contributed by atoms with Gasteiger partial charge in [-0.05, 0) is 25.0 Å². The molecule has 110 valence electrons. The zero-order valence-electron chi connectivity index (χ0n) is 11.7. The van der Waals surface area contributed by atoms with Gasteiger partial charge in [0.2, 0.25) is 0 Å². The molecule has 21 heavy (non-hydrogen) atoms. The smallest absolute Gasteiger partial charge is 0.273 e. The first kappa shape index (κ1) is 13.9. The van der Waals surface area contributed by atoms with Gasteiger partial charge >= 0.3 is 0 Å². The first-order chi connectivity index (χ1) is 10.1. The molecule has 1 aromatic heterocycles. The number of nitrogens with one attached hydrogen (secondary N) is 1. The third-order valence-corrected chi connectivity index (χ3v) is 5.51. The molecule has 7 heteroatoms.